The molecule has 4 heteroatoms. The van der Waals surface area contributed by atoms with Crippen LogP contribution in [0.1, 0.15) is 42.9 Å². The number of carbonyl (C=O) groups is 1. The van der Waals surface area contributed by atoms with Crippen LogP contribution in [-0.4, -0.2) is 23.9 Å². The normalized spacial score (nSPS) is 18.8. The molecule has 2 rings (SSSR count). The number of nitrogens with two attached hydrogens (primary N) is 1. The Morgan fingerprint density at radius 2 is 2.00 bits per heavy atom. The second-order valence-corrected chi connectivity index (χ2v) is 5.05. The summed E-state index contributed by atoms with van der Waals surface area (Å²) in [7, 11) is 0. The molecule has 1 aliphatic rings. The molecule has 1 aliphatic heterocycles. The van der Waals surface area contributed by atoms with Crippen LogP contribution in [0.2, 0.25) is 0 Å². The average Bonchev–Trinajstić information content (AvgIpc) is 2.40. The minimum absolute atomic E-state index is 0. The van der Waals surface area contributed by atoms with E-state index in [-0.39, 0.29) is 24.4 Å². The third-order valence-electron chi connectivity index (χ3n) is 3.64. The molecular weight excluding hydrogens is 260 g/mol. The van der Waals surface area contributed by atoms with Crippen LogP contribution in [0.5, 0.6) is 0 Å². The van der Waals surface area contributed by atoms with E-state index in [1.165, 1.54) is 17.5 Å². The monoisotopic (exact) mass is 282 g/mol. The zero-order chi connectivity index (χ0) is 13.0. The van der Waals surface area contributed by atoms with Crippen molar-refractivity contribution >= 4 is 18.3 Å². The zero-order valence-corrected chi connectivity index (χ0v) is 12.3. The Hall–Kier alpha value is -1.06. The third-order valence-corrected chi connectivity index (χ3v) is 3.64. The molecule has 1 aromatic rings. The quantitative estimate of drug-likeness (QED) is 0.927. The van der Waals surface area contributed by atoms with Gasteiger partial charge in [-0.05, 0) is 31.7 Å². The predicted molar refractivity (Wildman–Crippen MR) is 80.4 cm³/mol. The Morgan fingerprint density at radius 3 is 2.63 bits per heavy atom. The highest BCUT2D eigenvalue weighted by atomic mass is 35.5. The van der Waals surface area contributed by atoms with Crippen LogP contribution in [0.3, 0.4) is 0 Å². The molecule has 0 aliphatic carbocycles. The summed E-state index contributed by atoms with van der Waals surface area (Å²) in [5, 5.41) is 0. The Bertz CT molecular complexity index is 405. The number of halogens is 1. The van der Waals surface area contributed by atoms with Crippen LogP contribution in [-0.2, 0) is 4.79 Å². The Balaban J connectivity index is 0.00000180. The van der Waals surface area contributed by atoms with Crippen molar-refractivity contribution in [2.24, 2.45) is 5.73 Å². The second kappa shape index (κ2) is 7.51. The SMILES string of the molecule is Cc1ccc(C2CCCCN2C(=O)CCN)cc1.Cl. The lowest BCUT2D eigenvalue weighted by molar-refractivity contribution is -0.134. The van der Waals surface area contributed by atoms with Crippen molar-refractivity contribution < 1.29 is 4.79 Å². The molecule has 1 saturated heterocycles. The smallest absolute Gasteiger partial charge is 0.224 e. The van der Waals surface area contributed by atoms with E-state index < -0.39 is 0 Å². The molecule has 1 heterocycles. The molecule has 2 N–H and O–H groups in total. The Labute approximate surface area is 121 Å². The Morgan fingerprint density at radius 1 is 1.32 bits per heavy atom. The average molecular weight is 283 g/mol. The van der Waals surface area contributed by atoms with Crippen molar-refractivity contribution in [1.82, 2.24) is 4.90 Å². The van der Waals surface area contributed by atoms with Gasteiger partial charge in [0.05, 0.1) is 6.04 Å². The molecule has 0 saturated carbocycles. The van der Waals surface area contributed by atoms with Crippen LogP contribution >= 0.6 is 12.4 Å². The molecule has 0 aromatic heterocycles. The van der Waals surface area contributed by atoms with E-state index in [1.807, 2.05) is 4.90 Å². The number of piperidine rings is 1. The van der Waals surface area contributed by atoms with Gasteiger partial charge in [-0.25, -0.2) is 0 Å². The van der Waals surface area contributed by atoms with E-state index in [1.54, 1.807) is 0 Å². The molecular formula is C15H23ClN2O. The van der Waals surface area contributed by atoms with Gasteiger partial charge in [-0.3, -0.25) is 4.79 Å². The molecule has 0 spiro atoms. The van der Waals surface area contributed by atoms with Crippen molar-refractivity contribution in [3.05, 3.63) is 35.4 Å². The van der Waals surface area contributed by atoms with E-state index in [0.717, 1.165) is 19.4 Å². The van der Waals surface area contributed by atoms with Crippen molar-refractivity contribution in [2.45, 2.75) is 38.6 Å². The van der Waals surface area contributed by atoms with Crippen molar-refractivity contribution in [2.75, 3.05) is 13.1 Å². The highest BCUT2D eigenvalue weighted by Gasteiger charge is 2.27. The lowest BCUT2D eigenvalue weighted by Crippen LogP contribution is -2.39. The summed E-state index contributed by atoms with van der Waals surface area (Å²) in [6.07, 6.45) is 3.84. The number of likely N-dealkylation sites (tertiary alicyclic amines) is 1. The number of amides is 1. The number of rotatable bonds is 3. The summed E-state index contributed by atoms with van der Waals surface area (Å²) in [5.41, 5.74) is 8.01. The maximum absolute atomic E-state index is 12.1. The first-order chi connectivity index (χ1) is 8.72. The van der Waals surface area contributed by atoms with Crippen LogP contribution in [0.4, 0.5) is 0 Å². The molecule has 1 amide bonds. The first kappa shape index (κ1) is 16.0. The lowest BCUT2D eigenvalue weighted by atomic mass is 9.94. The van der Waals surface area contributed by atoms with Crippen molar-refractivity contribution in [3.63, 3.8) is 0 Å². The first-order valence-electron chi connectivity index (χ1n) is 6.78. The van der Waals surface area contributed by atoms with E-state index >= 15 is 0 Å². The fourth-order valence-electron chi connectivity index (χ4n) is 2.63. The highest BCUT2D eigenvalue weighted by Crippen LogP contribution is 2.31. The highest BCUT2D eigenvalue weighted by molar-refractivity contribution is 5.85. The summed E-state index contributed by atoms with van der Waals surface area (Å²) >= 11 is 0. The first-order valence-corrected chi connectivity index (χ1v) is 6.78. The van der Waals surface area contributed by atoms with Crippen LogP contribution in [0, 0.1) is 6.92 Å². The van der Waals surface area contributed by atoms with Gasteiger partial charge in [-0.15, -0.1) is 12.4 Å². The summed E-state index contributed by atoms with van der Waals surface area (Å²) in [5.74, 6) is 0.197. The minimum atomic E-state index is 0. The molecule has 1 atom stereocenters. The number of nitrogens with zero attached hydrogens (tertiary/aromatic N) is 1. The zero-order valence-electron chi connectivity index (χ0n) is 11.5. The maximum Gasteiger partial charge on any atom is 0.224 e. The van der Waals surface area contributed by atoms with E-state index in [0.29, 0.717) is 13.0 Å². The number of aryl methyl sites for hydroxylation is 1. The molecule has 0 bridgehead atoms. The van der Waals surface area contributed by atoms with Gasteiger partial charge in [-0.1, -0.05) is 29.8 Å². The summed E-state index contributed by atoms with van der Waals surface area (Å²) in [4.78, 5) is 14.1. The van der Waals surface area contributed by atoms with Gasteiger partial charge in [0.25, 0.3) is 0 Å². The van der Waals surface area contributed by atoms with Gasteiger partial charge < -0.3 is 10.6 Å². The molecule has 0 radical (unpaired) electrons. The topological polar surface area (TPSA) is 46.3 Å². The van der Waals surface area contributed by atoms with E-state index in [2.05, 4.69) is 31.2 Å². The minimum Gasteiger partial charge on any atom is -0.336 e. The molecule has 1 fully saturated rings. The van der Waals surface area contributed by atoms with Crippen LogP contribution < -0.4 is 5.73 Å². The molecule has 106 valence electrons. The largest absolute Gasteiger partial charge is 0.336 e. The number of hydrogen-bond donors (Lipinski definition) is 1. The standard InChI is InChI=1S/C15H22N2O.ClH/c1-12-5-7-13(8-6-12)14-4-2-3-11-17(14)15(18)9-10-16;/h5-8,14H,2-4,9-11,16H2,1H3;1H. The molecule has 1 unspecified atom stereocenters. The summed E-state index contributed by atoms with van der Waals surface area (Å²) in [6.45, 7) is 3.40. The van der Waals surface area contributed by atoms with Crippen LogP contribution in [0.15, 0.2) is 24.3 Å². The third kappa shape index (κ3) is 3.95. The molecule has 19 heavy (non-hydrogen) atoms. The lowest BCUT2D eigenvalue weighted by Gasteiger charge is -2.36. The van der Waals surface area contributed by atoms with Gasteiger partial charge in [0.1, 0.15) is 0 Å². The summed E-state index contributed by atoms with van der Waals surface area (Å²) < 4.78 is 0. The number of benzene rings is 1. The van der Waals surface area contributed by atoms with Gasteiger partial charge in [0, 0.05) is 19.5 Å². The number of hydrogen-bond acceptors (Lipinski definition) is 2. The second-order valence-electron chi connectivity index (χ2n) is 5.05. The fraction of sp³-hybridized carbons (Fsp3) is 0.533. The van der Waals surface area contributed by atoms with Crippen molar-refractivity contribution in [1.29, 1.82) is 0 Å². The van der Waals surface area contributed by atoms with E-state index in [9.17, 15) is 4.79 Å². The van der Waals surface area contributed by atoms with Gasteiger partial charge in [-0.2, -0.15) is 0 Å². The van der Waals surface area contributed by atoms with Gasteiger partial charge in [0.2, 0.25) is 5.91 Å². The van der Waals surface area contributed by atoms with Crippen molar-refractivity contribution in [3.8, 4) is 0 Å². The maximum atomic E-state index is 12.1. The van der Waals surface area contributed by atoms with Gasteiger partial charge in [0.15, 0.2) is 0 Å². The Kier molecular flexibility index (Phi) is 6.32. The van der Waals surface area contributed by atoms with Crippen LogP contribution in [0.25, 0.3) is 0 Å². The fourth-order valence-corrected chi connectivity index (χ4v) is 2.63. The van der Waals surface area contributed by atoms with Gasteiger partial charge >= 0.3 is 0 Å². The summed E-state index contributed by atoms with van der Waals surface area (Å²) in [6, 6.07) is 8.78. The predicted octanol–water partition coefficient (Wildman–Crippen LogP) is 2.82. The number of carbonyl (C=O) groups excluding carboxylic acids is 1. The molecule has 3 nitrogen and oxygen atoms in total. The molecule has 1 aromatic carbocycles. The van der Waals surface area contributed by atoms with E-state index in [4.69, 9.17) is 5.73 Å².